The first-order valence-electron chi connectivity index (χ1n) is 10.9. The van der Waals surface area contributed by atoms with Crippen LogP contribution in [0.4, 0.5) is 5.69 Å². The predicted octanol–water partition coefficient (Wildman–Crippen LogP) is 3.35. The van der Waals surface area contributed by atoms with Crippen molar-refractivity contribution in [1.82, 2.24) is 15.1 Å². The number of carbonyl (C=O) groups is 1. The monoisotopic (exact) mass is 406 g/mol. The summed E-state index contributed by atoms with van der Waals surface area (Å²) in [6.45, 7) is 1.46. The van der Waals surface area contributed by atoms with E-state index >= 15 is 0 Å². The number of nitrogens with one attached hydrogen (secondary N) is 1. The van der Waals surface area contributed by atoms with Crippen LogP contribution in [0.5, 0.6) is 0 Å². The van der Waals surface area contributed by atoms with Gasteiger partial charge in [-0.15, -0.1) is 0 Å². The molecule has 1 aliphatic carbocycles. The van der Waals surface area contributed by atoms with Crippen molar-refractivity contribution in [3.8, 4) is 0 Å². The average molecular weight is 406 g/mol. The standard InChI is InChI=1S/C20H30N4O5/c25-20(21-15-9-7-14(8-10-15)17-5-1-3-11-28-17)19-16(24(26)27)13-23(22-19)18-6-2-4-12-29-18/h13-15,17-18H,1-12H2,(H,21,25). The molecule has 2 atom stereocenters. The second-order valence-corrected chi connectivity index (χ2v) is 8.41. The summed E-state index contributed by atoms with van der Waals surface area (Å²) in [4.78, 5) is 23.7. The van der Waals surface area contributed by atoms with Gasteiger partial charge in [-0.2, -0.15) is 5.10 Å². The SMILES string of the molecule is O=C(NC1CCC(C2CCCCO2)CC1)c1nn(C2CCCCO2)cc1[N+](=O)[O-]. The van der Waals surface area contributed by atoms with Gasteiger partial charge >= 0.3 is 5.69 Å². The Bertz CT molecular complexity index is 716. The van der Waals surface area contributed by atoms with Crippen molar-refractivity contribution in [3.63, 3.8) is 0 Å². The molecule has 3 heterocycles. The van der Waals surface area contributed by atoms with Crippen molar-refractivity contribution in [2.45, 2.75) is 82.6 Å². The fraction of sp³-hybridized carbons (Fsp3) is 0.800. The van der Waals surface area contributed by atoms with E-state index in [2.05, 4.69) is 10.4 Å². The van der Waals surface area contributed by atoms with Gasteiger partial charge in [0.2, 0.25) is 5.69 Å². The molecular formula is C20H30N4O5. The zero-order chi connectivity index (χ0) is 20.2. The number of rotatable bonds is 5. The third-order valence-corrected chi connectivity index (χ3v) is 6.42. The van der Waals surface area contributed by atoms with Gasteiger partial charge in [0.25, 0.3) is 5.91 Å². The highest BCUT2D eigenvalue weighted by Crippen LogP contribution is 2.33. The second-order valence-electron chi connectivity index (χ2n) is 8.41. The molecule has 9 nitrogen and oxygen atoms in total. The van der Waals surface area contributed by atoms with Gasteiger partial charge in [-0.25, -0.2) is 4.68 Å². The predicted molar refractivity (Wildman–Crippen MR) is 105 cm³/mol. The van der Waals surface area contributed by atoms with Crippen molar-refractivity contribution in [2.24, 2.45) is 5.92 Å². The maximum absolute atomic E-state index is 12.8. The molecule has 3 fully saturated rings. The fourth-order valence-corrected chi connectivity index (χ4v) is 4.78. The van der Waals surface area contributed by atoms with Crippen LogP contribution < -0.4 is 5.32 Å². The molecule has 4 rings (SSSR count). The number of nitrogens with zero attached hydrogens (tertiary/aromatic N) is 3. The summed E-state index contributed by atoms with van der Waals surface area (Å²) >= 11 is 0. The van der Waals surface area contributed by atoms with Gasteiger partial charge in [-0.1, -0.05) is 0 Å². The molecule has 1 saturated carbocycles. The topological polar surface area (TPSA) is 109 Å². The number of aromatic nitrogens is 2. The van der Waals surface area contributed by atoms with Gasteiger partial charge < -0.3 is 14.8 Å². The first-order chi connectivity index (χ1) is 14.1. The Morgan fingerprint density at radius 3 is 2.41 bits per heavy atom. The molecule has 0 aromatic carbocycles. The van der Waals surface area contributed by atoms with Crippen molar-refractivity contribution in [1.29, 1.82) is 0 Å². The Balaban J connectivity index is 1.36. The Morgan fingerprint density at radius 1 is 1.07 bits per heavy atom. The first-order valence-corrected chi connectivity index (χ1v) is 10.9. The van der Waals surface area contributed by atoms with Crippen LogP contribution in [0.25, 0.3) is 0 Å². The molecule has 9 heteroatoms. The molecule has 0 bridgehead atoms. The maximum Gasteiger partial charge on any atom is 0.320 e. The van der Waals surface area contributed by atoms with Gasteiger partial charge in [0, 0.05) is 19.3 Å². The Hall–Kier alpha value is -2.00. The number of carbonyl (C=O) groups excluding carboxylic acids is 1. The number of amides is 1. The molecular weight excluding hydrogens is 376 g/mol. The van der Waals surface area contributed by atoms with Crippen LogP contribution in [0.3, 0.4) is 0 Å². The Kier molecular flexibility index (Phi) is 6.44. The van der Waals surface area contributed by atoms with Gasteiger partial charge in [0.1, 0.15) is 12.4 Å². The number of hydrogen-bond donors (Lipinski definition) is 1. The van der Waals surface area contributed by atoms with Crippen LogP contribution in [0.1, 0.15) is 80.9 Å². The number of ether oxygens (including phenoxy) is 2. The summed E-state index contributed by atoms with van der Waals surface area (Å²) in [5.74, 6) is 0.0871. The van der Waals surface area contributed by atoms with E-state index in [1.54, 1.807) is 0 Å². The summed E-state index contributed by atoms with van der Waals surface area (Å²) in [7, 11) is 0. The van der Waals surface area contributed by atoms with Crippen molar-refractivity contribution in [3.05, 3.63) is 22.0 Å². The molecule has 1 aromatic rings. The molecule has 3 aliphatic rings. The summed E-state index contributed by atoms with van der Waals surface area (Å²) in [5, 5.41) is 18.6. The summed E-state index contributed by atoms with van der Waals surface area (Å²) < 4.78 is 13.0. The minimum absolute atomic E-state index is 0.0259. The third-order valence-electron chi connectivity index (χ3n) is 6.42. The number of nitro groups is 1. The van der Waals surface area contributed by atoms with E-state index in [1.165, 1.54) is 17.3 Å². The van der Waals surface area contributed by atoms with E-state index in [4.69, 9.17) is 9.47 Å². The zero-order valence-corrected chi connectivity index (χ0v) is 16.8. The molecule has 0 spiro atoms. The molecule has 2 saturated heterocycles. The molecule has 1 N–H and O–H groups in total. The van der Waals surface area contributed by atoms with Crippen LogP contribution >= 0.6 is 0 Å². The van der Waals surface area contributed by atoms with E-state index < -0.39 is 10.8 Å². The first kappa shape index (κ1) is 20.3. The van der Waals surface area contributed by atoms with Gasteiger partial charge in [0.05, 0.1) is 11.0 Å². The lowest BCUT2D eigenvalue weighted by Crippen LogP contribution is -2.40. The van der Waals surface area contributed by atoms with Crippen LogP contribution in [0, 0.1) is 16.0 Å². The van der Waals surface area contributed by atoms with E-state index in [9.17, 15) is 14.9 Å². The fourth-order valence-electron chi connectivity index (χ4n) is 4.78. The third kappa shape index (κ3) is 4.78. The highest BCUT2D eigenvalue weighted by Gasteiger charge is 2.33. The van der Waals surface area contributed by atoms with E-state index in [0.717, 1.165) is 64.4 Å². The molecule has 29 heavy (non-hydrogen) atoms. The maximum atomic E-state index is 12.8. The van der Waals surface area contributed by atoms with Crippen molar-refractivity contribution < 1.29 is 19.2 Å². The Labute approximate surface area is 170 Å². The van der Waals surface area contributed by atoms with Gasteiger partial charge in [-0.3, -0.25) is 14.9 Å². The zero-order valence-electron chi connectivity index (χ0n) is 16.8. The average Bonchev–Trinajstić information content (AvgIpc) is 3.22. The second kappa shape index (κ2) is 9.21. The Morgan fingerprint density at radius 2 is 1.79 bits per heavy atom. The molecule has 1 amide bonds. The lowest BCUT2D eigenvalue weighted by Gasteiger charge is -2.35. The highest BCUT2D eigenvalue weighted by atomic mass is 16.6. The van der Waals surface area contributed by atoms with Crippen LogP contribution in [0.2, 0.25) is 0 Å². The van der Waals surface area contributed by atoms with Gasteiger partial charge in [-0.05, 0) is 70.1 Å². The van der Waals surface area contributed by atoms with Crippen molar-refractivity contribution in [2.75, 3.05) is 13.2 Å². The smallest absolute Gasteiger partial charge is 0.320 e. The lowest BCUT2D eigenvalue weighted by molar-refractivity contribution is -0.385. The normalized spacial score (nSPS) is 30.6. The van der Waals surface area contributed by atoms with Crippen LogP contribution in [-0.4, -0.2) is 46.0 Å². The van der Waals surface area contributed by atoms with E-state index in [-0.39, 0.29) is 23.7 Å². The van der Waals surface area contributed by atoms with Crippen molar-refractivity contribution >= 4 is 11.6 Å². The summed E-state index contributed by atoms with van der Waals surface area (Å²) in [6, 6.07) is 0.0259. The molecule has 160 valence electrons. The highest BCUT2D eigenvalue weighted by molar-refractivity contribution is 5.96. The lowest BCUT2D eigenvalue weighted by atomic mass is 9.80. The molecule has 2 aliphatic heterocycles. The van der Waals surface area contributed by atoms with Crippen LogP contribution in [-0.2, 0) is 9.47 Å². The molecule has 0 radical (unpaired) electrons. The molecule has 2 unspecified atom stereocenters. The molecule has 1 aromatic heterocycles. The van der Waals surface area contributed by atoms with E-state index in [1.807, 2.05) is 0 Å². The quantitative estimate of drug-likeness (QED) is 0.593. The van der Waals surface area contributed by atoms with Gasteiger partial charge in [0.15, 0.2) is 0 Å². The largest absolute Gasteiger partial charge is 0.378 e. The summed E-state index contributed by atoms with van der Waals surface area (Å²) in [6.07, 6.45) is 11.3. The minimum atomic E-state index is -0.543. The number of hydrogen-bond acceptors (Lipinski definition) is 6. The van der Waals surface area contributed by atoms with E-state index in [0.29, 0.717) is 18.6 Å². The van der Waals surface area contributed by atoms with Crippen LogP contribution in [0.15, 0.2) is 6.20 Å². The summed E-state index contributed by atoms with van der Waals surface area (Å²) in [5.41, 5.74) is -0.386. The minimum Gasteiger partial charge on any atom is -0.378 e.